The molecule has 0 radical (unpaired) electrons. The molecule has 0 aromatic heterocycles. The summed E-state index contributed by atoms with van der Waals surface area (Å²) < 4.78 is 0. The Hall–Kier alpha value is -1.82. The van der Waals surface area contributed by atoms with Gasteiger partial charge in [0.05, 0.1) is 0 Å². The third-order valence-corrected chi connectivity index (χ3v) is 12.0. The van der Waals surface area contributed by atoms with Gasteiger partial charge in [-0.15, -0.1) is 0 Å². The van der Waals surface area contributed by atoms with Crippen molar-refractivity contribution in [3.05, 3.63) is 59.7 Å². The Kier molecular flexibility index (Phi) is 23.7. The molecule has 0 aliphatic carbocycles. The monoisotopic (exact) mass is 683 g/mol. The molecule has 0 aliphatic heterocycles. The highest BCUT2D eigenvalue weighted by molar-refractivity contribution is 6.05. The molecule has 0 amide bonds. The second kappa shape index (κ2) is 27.8. The first-order valence-electron chi connectivity index (χ1n) is 22.6. The average molecular weight is 683 g/mol. The molecule has 3 rings (SSSR count). The molecule has 0 aliphatic rings. The van der Waals surface area contributed by atoms with Crippen LogP contribution in [-0.2, 0) is 12.8 Å². The van der Waals surface area contributed by atoms with Crippen LogP contribution in [0.25, 0.3) is 21.5 Å². The maximum atomic E-state index is 2.49. The van der Waals surface area contributed by atoms with Gasteiger partial charge in [0, 0.05) is 0 Å². The average Bonchev–Trinajstić information content (AvgIpc) is 3.14. The molecular formula is C50H82. The van der Waals surface area contributed by atoms with Crippen LogP contribution < -0.4 is 0 Å². The Labute approximate surface area is 312 Å². The highest BCUT2D eigenvalue weighted by atomic mass is 14.2. The van der Waals surface area contributed by atoms with Crippen LogP contribution in [0, 0.1) is 11.8 Å². The number of benzene rings is 3. The molecular weight excluding hydrogens is 601 g/mol. The summed E-state index contributed by atoms with van der Waals surface area (Å²) >= 11 is 0. The molecule has 0 unspecified atom stereocenters. The van der Waals surface area contributed by atoms with E-state index in [-0.39, 0.29) is 0 Å². The molecule has 3 aromatic carbocycles. The Balaban J connectivity index is 1.85. The van der Waals surface area contributed by atoms with Crippen molar-refractivity contribution in [2.45, 2.75) is 220 Å². The molecule has 0 bridgehead atoms. The minimum Gasteiger partial charge on any atom is -0.0654 e. The molecule has 0 spiro atoms. The summed E-state index contributed by atoms with van der Waals surface area (Å²) in [6.07, 6.45) is 41.9. The third kappa shape index (κ3) is 16.2. The third-order valence-electron chi connectivity index (χ3n) is 12.0. The van der Waals surface area contributed by atoms with Crippen LogP contribution in [0.4, 0.5) is 0 Å². The molecule has 282 valence electrons. The summed E-state index contributed by atoms with van der Waals surface area (Å²) in [7, 11) is 0. The van der Waals surface area contributed by atoms with Crippen molar-refractivity contribution < 1.29 is 0 Å². The van der Waals surface area contributed by atoms with Crippen LogP contribution in [0.5, 0.6) is 0 Å². The normalized spacial score (nSPS) is 12.0. The maximum absolute atomic E-state index is 2.49. The quantitative estimate of drug-likeness (QED) is 0.0454. The van der Waals surface area contributed by atoms with Gasteiger partial charge in [0.25, 0.3) is 0 Å². The zero-order valence-electron chi connectivity index (χ0n) is 34.0. The van der Waals surface area contributed by atoms with E-state index in [1.807, 2.05) is 0 Å². The van der Waals surface area contributed by atoms with Crippen molar-refractivity contribution in [1.29, 1.82) is 0 Å². The molecule has 0 saturated heterocycles. The highest BCUT2D eigenvalue weighted by Gasteiger charge is 2.20. The number of rotatable bonds is 32. The van der Waals surface area contributed by atoms with Gasteiger partial charge in [0.1, 0.15) is 0 Å². The smallest absolute Gasteiger partial charge is 0.0143 e. The first kappa shape index (κ1) is 42.6. The highest BCUT2D eigenvalue weighted by Crippen LogP contribution is 2.38. The van der Waals surface area contributed by atoms with Crippen LogP contribution in [0.1, 0.15) is 219 Å². The fourth-order valence-electron chi connectivity index (χ4n) is 8.88. The summed E-state index contributed by atoms with van der Waals surface area (Å²) in [6, 6.07) is 19.3. The first-order chi connectivity index (χ1) is 24.7. The Bertz CT molecular complexity index is 1050. The zero-order chi connectivity index (χ0) is 35.5. The number of hydrogen-bond donors (Lipinski definition) is 0. The maximum Gasteiger partial charge on any atom is -0.0143 e. The summed E-state index contributed by atoms with van der Waals surface area (Å²) in [5.41, 5.74) is 3.32. The second-order valence-electron chi connectivity index (χ2n) is 16.4. The van der Waals surface area contributed by atoms with E-state index in [9.17, 15) is 0 Å². The largest absolute Gasteiger partial charge is 0.0654 e. The van der Waals surface area contributed by atoms with Crippen molar-refractivity contribution in [3.8, 4) is 0 Å². The number of unbranched alkanes of at least 4 members (excludes halogenated alkanes) is 20. The van der Waals surface area contributed by atoms with Crippen LogP contribution >= 0.6 is 0 Å². The summed E-state index contributed by atoms with van der Waals surface area (Å²) in [4.78, 5) is 0. The lowest BCUT2D eigenvalue weighted by molar-refractivity contribution is 0.401. The Morgan fingerprint density at radius 1 is 0.300 bits per heavy atom. The topological polar surface area (TPSA) is 0 Å². The molecule has 0 saturated carbocycles. The second-order valence-corrected chi connectivity index (χ2v) is 16.4. The van der Waals surface area contributed by atoms with Gasteiger partial charge in [-0.3, -0.25) is 0 Å². The van der Waals surface area contributed by atoms with E-state index >= 15 is 0 Å². The van der Waals surface area contributed by atoms with Crippen molar-refractivity contribution in [1.82, 2.24) is 0 Å². The fourth-order valence-corrected chi connectivity index (χ4v) is 8.88. The lowest BCUT2D eigenvalue weighted by Gasteiger charge is -2.24. The standard InChI is InChI=1S/C50H82/c1-5-9-13-17-21-25-33-43(34-26-22-18-14-10-6-2)41-49-45-37-29-31-39-47(45)50(48-40-32-30-38-46(48)49)42-44(35-27-23-19-15-11-7-3)36-28-24-20-16-12-8-4/h29-32,37-40,43-44H,5-28,33-36,41-42H2,1-4H3. The van der Waals surface area contributed by atoms with Gasteiger partial charge >= 0.3 is 0 Å². The molecule has 0 heteroatoms. The van der Waals surface area contributed by atoms with E-state index in [1.54, 1.807) is 32.7 Å². The van der Waals surface area contributed by atoms with Gasteiger partial charge in [-0.1, -0.05) is 256 Å². The van der Waals surface area contributed by atoms with Gasteiger partial charge in [0.2, 0.25) is 0 Å². The van der Waals surface area contributed by atoms with Crippen molar-refractivity contribution in [2.24, 2.45) is 11.8 Å². The predicted octanol–water partition coefficient (Wildman–Crippen LogP) is 17.3. The minimum absolute atomic E-state index is 0.804. The molecule has 0 nitrogen and oxygen atoms in total. The van der Waals surface area contributed by atoms with Crippen LogP contribution in [0.3, 0.4) is 0 Å². The van der Waals surface area contributed by atoms with E-state index in [2.05, 4.69) is 76.2 Å². The van der Waals surface area contributed by atoms with E-state index in [0.717, 1.165) is 11.8 Å². The Morgan fingerprint density at radius 3 is 0.760 bits per heavy atom. The fraction of sp³-hybridized carbons (Fsp3) is 0.720. The van der Waals surface area contributed by atoms with Gasteiger partial charge in [-0.2, -0.15) is 0 Å². The number of fused-ring (bicyclic) bond motifs is 2. The summed E-state index contributed by atoms with van der Waals surface area (Å²) in [5, 5.41) is 6.26. The van der Waals surface area contributed by atoms with Crippen molar-refractivity contribution in [2.75, 3.05) is 0 Å². The van der Waals surface area contributed by atoms with E-state index in [0.29, 0.717) is 0 Å². The Morgan fingerprint density at radius 2 is 0.520 bits per heavy atom. The lowest BCUT2D eigenvalue weighted by Crippen LogP contribution is -2.09. The van der Waals surface area contributed by atoms with Gasteiger partial charge < -0.3 is 0 Å². The predicted molar refractivity (Wildman–Crippen MR) is 228 cm³/mol. The van der Waals surface area contributed by atoms with E-state index in [4.69, 9.17) is 0 Å². The molecule has 0 N–H and O–H groups in total. The SMILES string of the molecule is CCCCCCCCC(CCCCCCCC)Cc1c2ccccc2c(CC(CCCCCCCC)CCCCCCCC)c2ccccc12. The van der Waals surface area contributed by atoms with E-state index in [1.165, 1.54) is 193 Å². The van der Waals surface area contributed by atoms with Crippen molar-refractivity contribution >= 4 is 21.5 Å². The van der Waals surface area contributed by atoms with E-state index < -0.39 is 0 Å². The van der Waals surface area contributed by atoms with Crippen molar-refractivity contribution in [3.63, 3.8) is 0 Å². The number of hydrogen-bond acceptors (Lipinski definition) is 0. The minimum atomic E-state index is 0.804. The molecule has 0 heterocycles. The molecule has 3 aromatic rings. The van der Waals surface area contributed by atoms with Crippen LogP contribution in [0.2, 0.25) is 0 Å². The van der Waals surface area contributed by atoms with Gasteiger partial charge in [-0.25, -0.2) is 0 Å². The summed E-state index contributed by atoms with van der Waals surface area (Å²) in [5.74, 6) is 1.61. The lowest BCUT2D eigenvalue weighted by atomic mass is 9.81. The molecule has 0 atom stereocenters. The van der Waals surface area contributed by atoms with Crippen LogP contribution in [0.15, 0.2) is 48.5 Å². The molecule has 0 fully saturated rings. The summed E-state index contributed by atoms with van der Waals surface area (Å²) in [6.45, 7) is 9.34. The van der Waals surface area contributed by atoms with Gasteiger partial charge in [-0.05, 0) is 57.3 Å². The first-order valence-corrected chi connectivity index (χ1v) is 22.6. The van der Waals surface area contributed by atoms with Gasteiger partial charge in [0.15, 0.2) is 0 Å². The zero-order valence-corrected chi connectivity index (χ0v) is 34.0. The van der Waals surface area contributed by atoms with Crippen LogP contribution in [-0.4, -0.2) is 0 Å². The molecule has 50 heavy (non-hydrogen) atoms.